The van der Waals surface area contributed by atoms with Crippen molar-refractivity contribution in [3.8, 4) is 0 Å². The number of hydrogen-bond acceptors (Lipinski definition) is 6. The van der Waals surface area contributed by atoms with Crippen LogP contribution in [0.5, 0.6) is 0 Å². The number of rotatable bonds is 11. The number of hydrogen-bond donors (Lipinski definition) is 1. The van der Waals surface area contributed by atoms with Gasteiger partial charge in [-0.15, -0.1) is 0 Å². The third-order valence-electron chi connectivity index (χ3n) is 2.78. The van der Waals surface area contributed by atoms with E-state index in [-0.39, 0.29) is 0 Å². The number of ether oxygens (including phenoxy) is 2. The summed E-state index contributed by atoms with van der Waals surface area (Å²) in [6.45, 7) is 11.1. The highest BCUT2D eigenvalue weighted by molar-refractivity contribution is 9.10. The maximum absolute atomic E-state index is 5.45. The molecule has 0 saturated heterocycles. The standard InChI is InChI=1S/C14H25BrN4O2/c1-4-16-14-17-11-12(15)13(18-14)19(7-9-20-5-2)8-10-21-6-3/h11H,4-10H2,1-3H3,(H,16,17,18). The Bertz CT molecular complexity index is 397. The highest BCUT2D eigenvalue weighted by atomic mass is 79.9. The molecule has 1 aromatic rings. The van der Waals surface area contributed by atoms with Crippen LogP contribution in [0.25, 0.3) is 0 Å². The fourth-order valence-electron chi connectivity index (χ4n) is 1.78. The Morgan fingerprint density at radius 1 is 1.14 bits per heavy atom. The number of nitrogens with zero attached hydrogens (tertiary/aromatic N) is 3. The molecule has 1 rings (SSSR count). The zero-order chi connectivity index (χ0) is 15.5. The molecule has 1 N–H and O–H groups in total. The highest BCUT2D eigenvalue weighted by Crippen LogP contribution is 2.24. The van der Waals surface area contributed by atoms with Crippen LogP contribution in [0.3, 0.4) is 0 Å². The Hall–Kier alpha value is -0.920. The molecule has 6 nitrogen and oxygen atoms in total. The van der Waals surface area contributed by atoms with Gasteiger partial charge in [-0.3, -0.25) is 0 Å². The van der Waals surface area contributed by atoms with Gasteiger partial charge in [0.2, 0.25) is 5.95 Å². The van der Waals surface area contributed by atoms with Crippen molar-refractivity contribution in [3.63, 3.8) is 0 Å². The quantitative estimate of drug-likeness (QED) is 0.612. The molecule has 0 bridgehead atoms. The molecule has 7 heteroatoms. The van der Waals surface area contributed by atoms with Crippen molar-refractivity contribution in [3.05, 3.63) is 10.7 Å². The Balaban J connectivity index is 2.80. The number of halogens is 1. The van der Waals surface area contributed by atoms with Crippen molar-refractivity contribution in [2.24, 2.45) is 0 Å². The lowest BCUT2D eigenvalue weighted by atomic mass is 10.4. The van der Waals surface area contributed by atoms with Gasteiger partial charge in [-0.2, -0.15) is 4.98 Å². The van der Waals surface area contributed by atoms with Gasteiger partial charge < -0.3 is 19.7 Å². The first-order chi connectivity index (χ1) is 10.2. The van der Waals surface area contributed by atoms with Crippen LogP contribution in [0.4, 0.5) is 11.8 Å². The lowest BCUT2D eigenvalue weighted by molar-refractivity contribution is 0.141. The van der Waals surface area contributed by atoms with Crippen molar-refractivity contribution in [2.75, 3.05) is 56.3 Å². The fraction of sp³-hybridized carbons (Fsp3) is 0.714. The molecule has 21 heavy (non-hydrogen) atoms. The maximum Gasteiger partial charge on any atom is 0.224 e. The zero-order valence-corrected chi connectivity index (χ0v) is 14.6. The van der Waals surface area contributed by atoms with E-state index in [0.717, 1.165) is 29.9 Å². The number of nitrogens with one attached hydrogen (secondary N) is 1. The molecule has 0 spiro atoms. The minimum atomic E-state index is 0.633. The van der Waals surface area contributed by atoms with Gasteiger partial charge in [-0.1, -0.05) is 0 Å². The first-order valence-electron chi connectivity index (χ1n) is 7.39. The predicted octanol–water partition coefficient (Wildman–Crippen LogP) is 2.55. The second-order valence-electron chi connectivity index (χ2n) is 4.28. The summed E-state index contributed by atoms with van der Waals surface area (Å²) in [6, 6.07) is 0. The summed E-state index contributed by atoms with van der Waals surface area (Å²) in [4.78, 5) is 11.0. The van der Waals surface area contributed by atoms with Crippen LogP contribution in [-0.2, 0) is 9.47 Å². The van der Waals surface area contributed by atoms with E-state index in [2.05, 4.69) is 36.1 Å². The molecule has 1 heterocycles. The maximum atomic E-state index is 5.45. The number of aromatic nitrogens is 2. The minimum absolute atomic E-state index is 0.633. The molecule has 0 atom stereocenters. The third-order valence-corrected chi connectivity index (χ3v) is 3.34. The smallest absolute Gasteiger partial charge is 0.224 e. The topological polar surface area (TPSA) is 59.5 Å². The Morgan fingerprint density at radius 2 is 1.76 bits per heavy atom. The molecular formula is C14H25BrN4O2. The average molecular weight is 361 g/mol. The minimum Gasteiger partial charge on any atom is -0.380 e. The van der Waals surface area contributed by atoms with E-state index in [0.29, 0.717) is 32.4 Å². The summed E-state index contributed by atoms with van der Waals surface area (Å²) in [7, 11) is 0. The molecule has 120 valence electrons. The van der Waals surface area contributed by atoms with Crippen molar-refractivity contribution >= 4 is 27.7 Å². The van der Waals surface area contributed by atoms with Crippen LogP contribution < -0.4 is 10.2 Å². The van der Waals surface area contributed by atoms with Crippen LogP contribution >= 0.6 is 15.9 Å². The highest BCUT2D eigenvalue weighted by Gasteiger charge is 2.13. The summed E-state index contributed by atoms with van der Waals surface area (Å²) in [5, 5.41) is 3.13. The molecule has 0 aliphatic heterocycles. The van der Waals surface area contributed by atoms with Crippen LogP contribution in [0.2, 0.25) is 0 Å². The van der Waals surface area contributed by atoms with E-state index in [1.54, 1.807) is 6.20 Å². The largest absolute Gasteiger partial charge is 0.380 e. The van der Waals surface area contributed by atoms with Crippen molar-refractivity contribution in [1.82, 2.24) is 9.97 Å². The van der Waals surface area contributed by atoms with E-state index in [1.165, 1.54) is 0 Å². The number of anilines is 2. The summed E-state index contributed by atoms with van der Waals surface area (Å²) < 4.78 is 11.8. The first-order valence-corrected chi connectivity index (χ1v) is 8.19. The van der Waals surface area contributed by atoms with Gasteiger partial charge in [0, 0.05) is 39.0 Å². The van der Waals surface area contributed by atoms with Crippen LogP contribution in [0, 0.1) is 0 Å². The third kappa shape index (κ3) is 6.58. The normalized spacial score (nSPS) is 10.7. The van der Waals surface area contributed by atoms with E-state index < -0.39 is 0 Å². The molecule has 0 fully saturated rings. The molecular weight excluding hydrogens is 336 g/mol. The van der Waals surface area contributed by atoms with Crippen LogP contribution in [0.1, 0.15) is 20.8 Å². The molecule has 0 aliphatic rings. The van der Waals surface area contributed by atoms with Gasteiger partial charge in [0.25, 0.3) is 0 Å². The summed E-state index contributed by atoms with van der Waals surface area (Å²) in [5.74, 6) is 1.49. The first kappa shape index (κ1) is 18.1. The lowest BCUT2D eigenvalue weighted by Crippen LogP contribution is -2.32. The van der Waals surface area contributed by atoms with E-state index in [9.17, 15) is 0 Å². The molecule has 0 aliphatic carbocycles. The van der Waals surface area contributed by atoms with Gasteiger partial charge >= 0.3 is 0 Å². The zero-order valence-electron chi connectivity index (χ0n) is 13.1. The van der Waals surface area contributed by atoms with E-state index >= 15 is 0 Å². The van der Waals surface area contributed by atoms with E-state index in [4.69, 9.17) is 9.47 Å². The SMILES string of the molecule is CCNc1ncc(Br)c(N(CCOCC)CCOCC)n1. The molecule has 0 saturated carbocycles. The molecule has 0 amide bonds. The molecule has 0 aromatic carbocycles. The Morgan fingerprint density at radius 3 is 2.29 bits per heavy atom. The summed E-state index contributed by atoms with van der Waals surface area (Å²) >= 11 is 3.52. The summed E-state index contributed by atoms with van der Waals surface area (Å²) in [6.07, 6.45) is 1.77. The summed E-state index contributed by atoms with van der Waals surface area (Å²) in [5.41, 5.74) is 0. The van der Waals surface area contributed by atoms with Gasteiger partial charge in [0.1, 0.15) is 5.82 Å². The second kappa shape index (κ2) is 10.8. The van der Waals surface area contributed by atoms with Gasteiger partial charge in [0.05, 0.1) is 17.7 Å². The molecule has 0 unspecified atom stereocenters. The average Bonchev–Trinajstić information content (AvgIpc) is 2.48. The Labute approximate surface area is 135 Å². The van der Waals surface area contributed by atoms with Gasteiger partial charge in [-0.25, -0.2) is 4.98 Å². The monoisotopic (exact) mass is 360 g/mol. The van der Waals surface area contributed by atoms with E-state index in [1.807, 2.05) is 20.8 Å². The van der Waals surface area contributed by atoms with Crippen molar-refractivity contribution in [2.45, 2.75) is 20.8 Å². The molecule has 1 aromatic heterocycles. The second-order valence-corrected chi connectivity index (χ2v) is 5.13. The Kier molecular flexibility index (Phi) is 9.29. The predicted molar refractivity (Wildman–Crippen MR) is 89.1 cm³/mol. The molecule has 0 radical (unpaired) electrons. The van der Waals surface area contributed by atoms with Crippen LogP contribution in [0.15, 0.2) is 10.7 Å². The van der Waals surface area contributed by atoms with Crippen molar-refractivity contribution < 1.29 is 9.47 Å². The van der Waals surface area contributed by atoms with Gasteiger partial charge in [-0.05, 0) is 36.7 Å². The van der Waals surface area contributed by atoms with Crippen LogP contribution in [-0.4, -0.2) is 56.0 Å². The fourth-order valence-corrected chi connectivity index (χ4v) is 2.23. The van der Waals surface area contributed by atoms with Crippen molar-refractivity contribution in [1.29, 1.82) is 0 Å². The lowest BCUT2D eigenvalue weighted by Gasteiger charge is -2.24. The van der Waals surface area contributed by atoms with Gasteiger partial charge in [0.15, 0.2) is 0 Å².